The number of hydrogen-bond donors (Lipinski definition) is 1. The molecule has 0 amide bonds. The Kier molecular flexibility index (Phi) is 4.67. The Hall–Kier alpha value is -0.450. The van der Waals surface area contributed by atoms with Crippen LogP contribution in [-0.2, 0) is 6.54 Å². The molecule has 1 aromatic rings. The molecule has 1 heterocycles. The molecule has 116 valence electrons. The molecule has 1 saturated carbocycles. The minimum absolute atomic E-state index is 0.0853. The quantitative estimate of drug-likeness (QED) is 0.879. The van der Waals surface area contributed by atoms with Crippen LogP contribution >= 0.6 is 15.9 Å². The Morgan fingerprint density at radius 1 is 1.38 bits per heavy atom. The van der Waals surface area contributed by atoms with Gasteiger partial charge in [0, 0.05) is 41.3 Å². The van der Waals surface area contributed by atoms with Gasteiger partial charge >= 0.3 is 0 Å². The average Bonchev–Trinajstić information content (AvgIpc) is 2.95. The van der Waals surface area contributed by atoms with Crippen LogP contribution in [0.15, 0.2) is 22.7 Å². The Morgan fingerprint density at radius 3 is 2.86 bits per heavy atom. The molecule has 1 aromatic carbocycles. The molecule has 1 aliphatic heterocycles. The van der Waals surface area contributed by atoms with E-state index in [4.69, 9.17) is 0 Å². The van der Waals surface area contributed by atoms with Crippen molar-refractivity contribution < 1.29 is 4.39 Å². The predicted octanol–water partition coefficient (Wildman–Crippen LogP) is 4.08. The summed E-state index contributed by atoms with van der Waals surface area (Å²) in [6.07, 6.45) is 6.22. The molecule has 0 aromatic heterocycles. The van der Waals surface area contributed by atoms with Gasteiger partial charge in [-0.25, -0.2) is 4.39 Å². The van der Waals surface area contributed by atoms with E-state index in [2.05, 4.69) is 33.1 Å². The van der Waals surface area contributed by atoms with E-state index in [0.29, 0.717) is 6.04 Å². The van der Waals surface area contributed by atoms with Gasteiger partial charge in [-0.1, -0.05) is 35.7 Å². The minimum Gasteiger partial charge on any atom is -0.311 e. The van der Waals surface area contributed by atoms with E-state index in [1.54, 1.807) is 12.1 Å². The molecule has 0 radical (unpaired) electrons. The van der Waals surface area contributed by atoms with Gasteiger partial charge in [0.15, 0.2) is 0 Å². The number of halogens is 2. The van der Waals surface area contributed by atoms with Crippen LogP contribution in [0.4, 0.5) is 4.39 Å². The van der Waals surface area contributed by atoms with E-state index in [9.17, 15) is 4.39 Å². The number of nitrogens with one attached hydrogen (secondary N) is 1. The zero-order chi connectivity index (χ0) is 14.9. The molecule has 0 bridgehead atoms. The van der Waals surface area contributed by atoms with Crippen LogP contribution in [0.1, 0.15) is 44.6 Å². The molecular weight excluding hydrogens is 331 g/mol. The monoisotopic (exact) mass is 354 g/mol. The maximum Gasteiger partial charge on any atom is 0.127 e. The van der Waals surface area contributed by atoms with Gasteiger partial charge in [0.1, 0.15) is 5.82 Å². The lowest BCUT2D eigenvalue weighted by Crippen LogP contribution is -2.63. The van der Waals surface area contributed by atoms with E-state index in [-0.39, 0.29) is 11.4 Å². The van der Waals surface area contributed by atoms with Crippen molar-refractivity contribution in [3.05, 3.63) is 34.1 Å². The van der Waals surface area contributed by atoms with E-state index < -0.39 is 0 Å². The highest BCUT2D eigenvalue weighted by Gasteiger charge is 2.43. The molecule has 1 spiro atoms. The Bertz CT molecular complexity index is 500. The number of nitrogens with zero attached hydrogens (tertiary/aromatic N) is 1. The molecule has 1 saturated heterocycles. The summed E-state index contributed by atoms with van der Waals surface area (Å²) in [5.74, 6) is -0.0853. The third-order valence-electron chi connectivity index (χ3n) is 5.23. The van der Waals surface area contributed by atoms with E-state index >= 15 is 0 Å². The van der Waals surface area contributed by atoms with Gasteiger partial charge < -0.3 is 5.32 Å². The Balaban J connectivity index is 1.83. The number of hydrogen-bond acceptors (Lipinski definition) is 2. The van der Waals surface area contributed by atoms with Crippen molar-refractivity contribution in [2.45, 2.75) is 57.2 Å². The van der Waals surface area contributed by atoms with Crippen molar-refractivity contribution in [1.82, 2.24) is 10.2 Å². The standard InChI is InChI=1S/C17H24BrFN2/c1-2-15-11-21(17(12-20-15)7-3-4-8-17)10-13-9-14(18)5-6-16(13)19/h5-6,9,15,20H,2-4,7-8,10-12H2,1H3. The van der Waals surface area contributed by atoms with Crippen molar-refractivity contribution in [1.29, 1.82) is 0 Å². The number of rotatable bonds is 3. The molecule has 1 aliphatic carbocycles. The number of benzene rings is 1. The second-order valence-electron chi connectivity index (χ2n) is 6.53. The minimum atomic E-state index is -0.0853. The lowest BCUT2D eigenvalue weighted by molar-refractivity contribution is 0.0340. The van der Waals surface area contributed by atoms with Gasteiger partial charge in [-0.05, 0) is 37.5 Å². The topological polar surface area (TPSA) is 15.3 Å². The molecule has 2 fully saturated rings. The van der Waals surface area contributed by atoms with Crippen molar-refractivity contribution in [2.24, 2.45) is 0 Å². The van der Waals surface area contributed by atoms with Crippen LogP contribution in [0, 0.1) is 5.82 Å². The summed E-state index contributed by atoms with van der Waals surface area (Å²) in [4.78, 5) is 2.55. The largest absolute Gasteiger partial charge is 0.311 e. The summed E-state index contributed by atoms with van der Waals surface area (Å²) in [5, 5.41) is 3.70. The Morgan fingerprint density at radius 2 is 2.14 bits per heavy atom. The predicted molar refractivity (Wildman–Crippen MR) is 87.8 cm³/mol. The molecule has 2 nitrogen and oxygen atoms in total. The van der Waals surface area contributed by atoms with Gasteiger partial charge in [-0.3, -0.25) is 4.90 Å². The van der Waals surface area contributed by atoms with Crippen LogP contribution < -0.4 is 5.32 Å². The van der Waals surface area contributed by atoms with E-state index in [0.717, 1.165) is 36.1 Å². The zero-order valence-corrected chi connectivity index (χ0v) is 14.3. The first-order valence-corrected chi connectivity index (χ1v) is 8.85. The molecule has 21 heavy (non-hydrogen) atoms. The third-order valence-corrected chi connectivity index (χ3v) is 5.72. The van der Waals surface area contributed by atoms with Gasteiger partial charge in [0.2, 0.25) is 0 Å². The fourth-order valence-corrected chi connectivity index (χ4v) is 4.28. The number of piperazine rings is 1. The first kappa shape index (κ1) is 15.4. The van der Waals surface area contributed by atoms with Crippen molar-refractivity contribution in [3.63, 3.8) is 0 Å². The SMILES string of the molecule is CCC1CN(Cc2cc(Br)ccc2F)C2(CCCC2)CN1. The third kappa shape index (κ3) is 3.17. The summed E-state index contributed by atoms with van der Waals surface area (Å²) in [6, 6.07) is 5.81. The van der Waals surface area contributed by atoms with Gasteiger partial charge in [0.05, 0.1) is 0 Å². The lowest BCUT2D eigenvalue weighted by atomic mass is 9.90. The van der Waals surface area contributed by atoms with Crippen LogP contribution in [0.25, 0.3) is 0 Å². The van der Waals surface area contributed by atoms with E-state index in [1.807, 2.05) is 6.07 Å². The molecule has 1 N–H and O–H groups in total. The highest BCUT2D eigenvalue weighted by molar-refractivity contribution is 9.10. The van der Waals surface area contributed by atoms with E-state index in [1.165, 1.54) is 25.7 Å². The van der Waals surface area contributed by atoms with Crippen molar-refractivity contribution in [2.75, 3.05) is 13.1 Å². The summed E-state index contributed by atoms with van der Waals surface area (Å²) in [7, 11) is 0. The van der Waals surface area contributed by atoms with Crippen molar-refractivity contribution in [3.8, 4) is 0 Å². The van der Waals surface area contributed by atoms with Crippen LogP contribution in [0.3, 0.4) is 0 Å². The fourth-order valence-electron chi connectivity index (χ4n) is 3.87. The maximum atomic E-state index is 14.1. The summed E-state index contributed by atoms with van der Waals surface area (Å²) < 4.78 is 15.1. The summed E-state index contributed by atoms with van der Waals surface area (Å²) >= 11 is 3.46. The maximum absolute atomic E-state index is 14.1. The summed E-state index contributed by atoms with van der Waals surface area (Å²) in [5.41, 5.74) is 1.06. The Labute approximate surface area is 135 Å². The van der Waals surface area contributed by atoms with Crippen molar-refractivity contribution >= 4 is 15.9 Å². The first-order chi connectivity index (χ1) is 10.1. The molecule has 1 unspecified atom stereocenters. The lowest BCUT2D eigenvalue weighted by Gasteiger charge is -2.48. The fraction of sp³-hybridized carbons (Fsp3) is 0.647. The highest BCUT2D eigenvalue weighted by Crippen LogP contribution is 2.38. The molecule has 1 atom stereocenters. The van der Waals surface area contributed by atoms with Gasteiger partial charge in [-0.2, -0.15) is 0 Å². The summed E-state index contributed by atoms with van der Waals surface area (Å²) in [6.45, 7) is 5.04. The smallest absolute Gasteiger partial charge is 0.127 e. The van der Waals surface area contributed by atoms with Gasteiger partial charge in [-0.15, -0.1) is 0 Å². The van der Waals surface area contributed by atoms with Crippen LogP contribution in [-0.4, -0.2) is 29.6 Å². The molecule has 4 heteroatoms. The molecular formula is C17H24BrFN2. The second-order valence-corrected chi connectivity index (χ2v) is 7.45. The second kappa shape index (κ2) is 6.35. The normalized spacial score (nSPS) is 25.6. The zero-order valence-electron chi connectivity index (χ0n) is 12.7. The van der Waals surface area contributed by atoms with Crippen LogP contribution in [0.2, 0.25) is 0 Å². The average molecular weight is 355 g/mol. The van der Waals surface area contributed by atoms with Gasteiger partial charge in [0.25, 0.3) is 0 Å². The molecule has 2 aliphatic rings. The van der Waals surface area contributed by atoms with Crippen LogP contribution in [0.5, 0.6) is 0 Å². The highest BCUT2D eigenvalue weighted by atomic mass is 79.9. The molecule has 3 rings (SSSR count). The first-order valence-electron chi connectivity index (χ1n) is 8.05.